The van der Waals surface area contributed by atoms with Crippen molar-refractivity contribution in [2.24, 2.45) is 4.99 Å². The van der Waals surface area contributed by atoms with Crippen LogP contribution in [0.5, 0.6) is 0 Å². The lowest BCUT2D eigenvalue weighted by molar-refractivity contribution is 0.0724. The molecular formula is C24H35N5O2. The molecule has 7 nitrogen and oxygen atoms in total. The Morgan fingerprint density at radius 2 is 1.97 bits per heavy atom. The van der Waals surface area contributed by atoms with Gasteiger partial charge in [0, 0.05) is 30.6 Å². The molecule has 1 aromatic carbocycles. The molecule has 0 unspecified atom stereocenters. The van der Waals surface area contributed by atoms with Crippen LogP contribution < -0.4 is 10.6 Å². The first-order chi connectivity index (χ1) is 14.9. The largest absolute Gasteiger partial charge is 0.443 e. The van der Waals surface area contributed by atoms with Crippen molar-refractivity contribution in [1.82, 2.24) is 20.5 Å². The van der Waals surface area contributed by atoms with Crippen LogP contribution in [-0.2, 0) is 18.5 Å². The minimum atomic E-state index is -0.0690. The minimum Gasteiger partial charge on any atom is -0.443 e. The van der Waals surface area contributed by atoms with Crippen LogP contribution in [0.15, 0.2) is 39.9 Å². The molecule has 0 spiro atoms. The molecule has 1 aliphatic rings. The van der Waals surface area contributed by atoms with Gasteiger partial charge in [0.15, 0.2) is 5.96 Å². The number of aromatic nitrogens is 1. The number of rotatable bonds is 6. The molecule has 168 valence electrons. The fraction of sp³-hybridized carbons (Fsp3) is 0.542. The zero-order valence-electron chi connectivity index (χ0n) is 19.2. The highest BCUT2D eigenvalue weighted by Gasteiger charge is 2.19. The monoisotopic (exact) mass is 425 g/mol. The Morgan fingerprint density at radius 1 is 1.19 bits per heavy atom. The molecule has 1 aliphatic heterocycles. The van der Waals surface area contributed by atoms with Gasteiger partial charge in [-0.25, -0.2) is 9.98 Å². The smallest absolute Gasteiger partial charge is 0.253 e. The summed E-state index contributed by atoms with van der Waals surface area (Å²) >= 11 is 0. The number of oxazole rings is 1. The van der Waals surface area contributed by atoms with E-state index in [0.29, 0.717) is 24.9 Å². The number of nitrogens with one attached hydrogen (secondary N) is 2. The fourth-order valence-electron chi connectivity index (χ4n) is 3.49. The average Bonchev–Trinajstić information content (AvgIpc) is 3.26. The van der Waals surface area contributed by atoms with E-state index in [1.54, 1.807) is 6.20 Å². The second-order valence-electron chi connectivity index (χ2n) is 8.97. The van der Waals surface area contributed by atoms with Crippen molar-refractivity contribution in [3.63, 3.8) is 0 Å². The van der Waals surface area contributed by atoms with E-state index in [1.807, 2.05) is 36.1 Å². The van der Waals surface area contributed by atoms with Crippen LogP contribution in [0.2, 0.25) is 0 Å². The van der Waals surface area contributed by atoms with Gasteiger partial charge >= 0.3 is 0 Å². The van der Waals surface area contributed by atoms with E-state index in [2.05, 4.69) is 41.4 Å². The van der Waals surface area contributed by atoms with E-state index < -0.39 is 0 Å². The highest BCUT2D eigenvalue weighted by Crippen LogP contribution is 2.22. The number of hydrogen-bond acceptors (Lipinski definition) is 4. The quantitative estimate of drug-likeness (QED) is 0.543. The molecule has 0 saturated carbocycles. The number of nitrogens with zero attached hydrogens (tertiary/aromatic N) is 3. The predicted octanol–water partition coefficient (Wildman–Crippen LogP) is 3.85. The summed E-state index contributed by atoms with van der Waals surface area (Å²) in [5.41, 5.74) is 1.67. The van der Waals surface area contributed by atoms with E-state index in [4.69, 9.17) is 4.42 Å². The molecule has 2 heterocycles. The highest BCUT2D eigenvalue weighted by atomic mass is 16.4. The third-order valence-electron chi connectivity index (χ3n) is 5.28. The number of aliphatic imine (C=N–C) groups is 1. The van der Waals surface area contributed by atoms with E-state index in [0.717, 1.165) is 49.4 Å². The molecule has 7 heteroatoms. The van der Waals surface area contributed by atoms with Crippen LogP contribution in [0.1, 0.15) is 74.5 Å². The predicted molar refractivity (Wildman–Crippen MR) is 123 cm³/mol. The number of carbonyl (C=O) groups is 1. The Morgan fingerprint density at radius 3 is 2.65 bits per heavy atom. The molecule has 1 aromatic heterocycles. The van der Waals surface area contributed by atoms with Crippen molar-refractivity contribution in [3.05, 3.63) is 53.2 Å². The average molecular weight is 426 g/mol. The Kier molecular flexibility index (Phi) is 7.71. The number of carbonyl (C=O) groups excluding carboxylic acids is 1. The second kappa shape index (κ2) is 10.5. The molecule has 3 rings (SSSR count). The van der Waals surface area contributed by atoms with Crippen molar-refractivity contribution in [1.29, 1.82) is 0 Å². The van der Waals surface area contributed by atoms with Crippen LogP contribution in [0.25, 0.3) is 0 Å². The molecular weight excluding hydrogens is 390 g/mol. The van der Waals surface area contributed by atoms with E-state index in [1.165, 1.54) is 6.42 Å². The summed E-state index contributed by atoms with van der Waals surface area (Å²) in [5.74, 6) is 2.30. The highest BCUT2D eigenvalue weighted by molar-refractivity contribution is 5.94. The minimum absolute atomic E-state index is 0.0690. The van der Waals surface area contributed by atoms with E-state index >= 15 is 0 Å². The summed E-state index contributed by atoms with van der Waals surface area (Å²) in [5, 5.41) is 6.51. The molecule has 0 atom stereocenters. The van der Waals surface area contributed by atoms with Gasteiger partial charge in [-0.2, -0.15) is 0 Å². The third kappa shape index (κ3) is 6.57. The van der Waals surface area contributed by atoms with E-state index in [9.17, 15) is 4.79 Å². The molecule has 1 saturated heterocycles. The Labute approximate surface area is 185 Å². The van der Waals surface area contributed by atoms with Crippen molar-refractivity contribution in [3.8, 4) is 0 Å². The SMILES string of the molecule is CCNC(=NCc1cccc(C(=O)N2CCCCC2)c1)NCc1ncc(C(C)(C)C)o1. The van der Waals surface area contributed by atoms with Crippen LogP contribution in [-0.4, -0.2) is 41.4 Å². The maximum atomic E-state index is 12.8. The summed E-state index contributed by atoms with van der Waals surface area (Å²) in [6, 6.07) is 7.78. The van der Waals surface area contributed by atoms with Gasteiger partial charge < -0.3 is 20.0 Å². The molecule has 1 fully saturated rings. The Bertz CT molecular complexity index is 891. The second-order valence-corrected chi connectivity index (χ2v) is 8.97. The van der Waals surface area contributed by atoms with Gasteiger partial charge in [-0.3, -0.25) is 4.79 Å². The van der Waals surface area contributed by atoms with Gasteiger partial charge in [0.1, 0.15) is 5.76 Å². The van der Waals surface area contributed by atoms with Crippen LogP contribution in [0, 0.1) is 0 Å². The first-order valence-corrected chi connectivity index (χ1v) is 11.2. The maximum Gasteiger partial charge on any atom is 0.253 e. The number of hydrogen-bond donors (Lipinski definition) is 2. The third-order valence-corrected chi connectivity index (χ3v) is 5.28. The first kappa shape index (κ1) is 22.8. The summed E-state index contributed by atoms with van der Waals surface area (Å²) in [6.07, 6.45) is 5.18. The maximum absolute atomic E-state index is 12.8. The Hall–Kier alpha value is -2.83. The van der Waals surface area contributed by atoms with Gasteiger partial charge in [0.25, 0.3) is 5.91 Å². The normalized spacial score (nSPS) is 15.1. The zero-order chi connectivity index (χ0) is 22.3. The Balaban J connectivity index is 1.62. The molecule has 31 heavy (non-hydrogen) atoms. The number of amides is 1. The number of benzene rings is 1. The summed E-state index contributed by atoms with van der Waals surface area (Å²) < 4.78 is 5.84. The molecule has 2 aromatic rings. The lowest BCUT2D eigenvalue weighted by Gasteiger charge is -2.26. The zero-order valence-corrected chi connectivity index (χ0v) is 19.2. The molecule has 2 N–H and O–H groups in total. The van der Waals surface area contributed by atoms with Gasteiger partial charge in [0.05, 0.1) is 19.3 Å². The lowest BCUT2D eigenvalue weighted by Crippen LogP contribution is -2.37. The summed E-state index contributed by atoms with van der Waals surface area (Å²) in [7, 11) is 0. The van der Waals surface area contributed by atoms with Gasteiger partial charge in [-0.05, 0) is 43.9 Å². The van der Waals surface area contributed by atoms with Crippen molar-refractivity contribution >= 4 is 11.9 Å². The van der Waals surface area contributed by atoms with Gasteiger partial charge in [0.2, 0.25) is 5.89 Å². The molecule has 1 amide bonds. The van der Waals surface area contributed by atoms with Gasteiger partial charge in [-0.15, -0.1) is 0 Å². The van der Waals surface area contributed by atoms with Crippen molar-refractivity contribution in [2.75, 3.05) is 19.6 Å². The van der Waals surface area contributed by atoms with Gasteiger partial charge in [-0.1, -0.05) is 32.9 Å². The topological polar surface area (TPSA) is 82.8 Å². The lowest BCUT2D eigenvalue weighted by atomic mass is 9.94. The van der Waals surface area contributed by atoms with Crippen molar-refractivity contribution in [2.45, 2.75) is 65.5 Å². The van der Waals surface area contributed by atoms with Crippen LogP contribution in [0.4, 0.5) is 0 Å². The first-order valence-electron chi connectivity index (χ1n) is 11.2. The number of piperidine rings is 1. The van der Waals surface area contributed by atoms with Crippen LogP contribution in [0.3, 0.4) is 0 Å². The fourth-order valence-corrected chi connectivity index (χ4v) is 3.49. The standard InChI is InChI=1S/C24H35N5O2/c1-5-25-23(28-17-21-26-16-20(31-21)24(2,3)4)27-15-18-10-9-11-19(14-18)22(30)29-12-7-6-8-13-29/h9-11,14,16H,5-8,12-13,15,17H2,1-4H3,(H2,25,27,28). The van der Waals surface area contributed by atoms with E-state index in [-0.39, 0.29) is 11.3 Å². The van der Waals surface area contributed by atoms with Crippen molar-refractivity contribution < 1.29 is 9.21 Å². The molecule has 0 aliphatic carbocycles. The van der Waals surface area contributed by atoms with Crippen LogP contribution >= 0.6 is 0 Å². The summed E-state index contributed by atoms with van der Waals surface area (Å²) in [4.78, 5) is 23.8. The summed E-state index contributed by atoms with van der Waals surface area (Å²) in [6.45, 7) is 11.7. The molecule has 0 bridgehead atoms. The number of guanidine groups is 1. The number of likely N-dealkylation sites (tertiary alicyclic amines) is 1. The molecule has 0 radical (unpaired) electrons.